The minimum atomic E-state index is -0.951. The number of thiol groups is 1. The van der Waals surface area contributed by atoms with Gasteiger partial charge >= 0.3 is 0 Å². The average Bonchev–Trinajstić information content (AvgIpc) is 3.48. The molecule has 0 unspecified atom stereocenters. The van der Waals surface area contributed by atoms with Crippen molar-refractivity contribution < 1.29 is 0 Å². The van der Waals surface area contributed by atoms with Gasteiger partial charge in [0.1, 0.15) is 34.2 Å². The Hall–Kier alpha value is -4.36. The first kappa shape index (κ1) is 20.3. The molecular formula is C24H18N8OS. The molecule has 0 spiro atoms. The van der Waals surface area contributed by atoms with Gasteiger partial charge in [0, 0.05) is 30.9 Å². The summed E-state index contributed by atoms with van der Waals surface area (Å²) < 4.78 is 3.18. The van der Waals surface area contributed by atoms with Gasteiger partial charge in [0.25, 0.3) is 5.56 Å². The zero-order valence-corrected chi connectivity index (χ0v) is 18.8. The first-order chi connectivity index (χ1) is 16.6. The van der Waals surface area contributed by atoms with E-state index < -0.39 is 4.87 Å². The number of fused-ring (bicyclic) bond motifs is 2. The van der Waals surface area contributed by atoms with Crippen LogP contribution >= 0.6 is 12.6 Å². The van der Waals surface area contributed by atoms with Crippen molar-refractivity contribution in [3.8, 4) is 11.8 Å². The summed E-state index contributed by atoms with van der Waals surface area (Å²) in [5.41, 5.74) is 2.61. The summed E-state index contributed by atoms with van der Waals surface area (Å²) >= 11 is 5.08. The molecule has 1 N–H and O–H groups in total. The van der Waals surface area contributed by atoms with Gasteiger partial charge < -0.3 is 9.88 Å². The monoisotopic (exact) mass is 466 g/mol. The molecule has 0 radical (unpaired) electrons. The number of nitrogens with one attached hydrogen (secondary N) is 1. The van der Waals surface area contributed by atoms with E-state index in [0.717, 1.165) is 0 Å². The fourth-order valence-corrected chi connectivity index (χ4v) is 4.96. The lowest BCUT2D eigenvalue weighted by molar-refractivity contribution is 0.382. The van der Waals surface area contributed by atoms with Gasteiger partial charge in [0.05, 0.1) is 16.6 Å². The van der Waals surface area contributed by atoms with Gasteiger partial charge in [-0.3, -0.25) is 9.36 Å². The fraction of sp³-hybridized carbons (Fsp3) is 0.125. The molecule has 1 aliphatic rings. The second-order valence-corrected chi connectivity index (χ2v) is 8.76. The summed E-state index contributed by atoms with van der Waals surface area (Å²) in [6, 6.07) is 13.4. The van der Waals surface area contributed by atoms with Gasteiger partial charge in [0.15, 0.2) is 5.82 Å². The molecular weight excluding hydrogens is 448 g/mol. The summed E-state index contributed by atoms with van der Waals surface area (Å²) in [5.74, 6) is 1.02. The number of hydrogen-bond donors (Lipinski definition) is 2. The Bertz CT molecular complexity index is 1690. The smallest absolute Gasteiger partial charge is 0.283 e. The highest BCUT2D eigenvalue weighted by molar-refractivity contribution is 7.81. The number of anilines is 1. The van der Waals surface area contributed by atoms with E-state index in [0.29, 0.717) is 58.0 Å². The summed E-state index contributed by atoms with van der Waals surface area (Å²) in [4.78, 5) is 26.6. The maximum Gasteiger partial charge on any atom is 0.283 e. The molecule has 4 aromatic heterocycles. The molecule has 10 heteroatoms. The first-order valence-corrected chi connectivity index (χ1v) is 11.1. The molecule has 1 aliphatic heterocycles. The number of rotatable bonds is 4. The second kappa shape index (κ2) is 7.33. The molecule has 1 atom stereocenters. The van der Waals surface area contributed by atoms with Crippen LogP contribution in [-0.4, -0.2) is 35.7 Å². The Kier molecular flexibility index (Phi) is 4.37. The summed E-state index contributed by atoms with van der Waals surface area (Å²) in [5, 5.41) is 15.1. The van der Waals surface area contributed by atoms with Gasteiger partial charge in [-0.25, -0.2) is 14.5 Å². The van der Waals surface area contributed by atoms with Crippen molar-refractivity contribution in [3.05, 3.63) is 89.0 Å². The van der Waals surface area contributed by atoms with E-state index in [1.807, 2.05) is 41.3 Å². The lowest BCUT2D eigenvalue weighted by atomic mass is 9.99. The Labute approximate surface area is 199 Å². The molecule has 5 aromatic rings. The third kappa shape index (κ3) is 2.67. The average molecular weight is 467 g/mol. The number of nitriles is 1. The number of benzene rings is 1. The SMILES string of the molecule is C=Cc1ccn2nc([C@]3(S)CCN3c3ncnc4[nH]cc(C#N)c34)n(-c3ccccc3)c(=O)c12. The minimum absolute atomic E-state index is 0.219. The Morgan fingerprint density at radius 3 is 2.76 bits per heavy atom. The summed E-state index contributed by atoms with van der Waals surface area (Å²) in [6.45, 7) is 4.45. The Balaban J connectivity index is 1.63. The van der Waals surface area contributed by atoms with Crippen molar-refractivity contribution >= 4 is 41.1 Å². The maximum absolute atomic E-state index is 13.8. The standard InChI is InChI=1S/C24H18N8OS/c1-2-15-8-10-31-19(15)22(33)32(17-6-4-3-5-7-17)23(29-31)24(34)9-11-30(24)21-18-16(12-25)13-26-20(18)27-14-28-21/h2-8,10,13-14,34H,1,9,11H2,(H,26,27,28)/t24-/m1/s1. The van der Waals surface area contributed by atoms with E-state index in [4.69, 9.17) is 17.7 Å². The van der Waals surface area contributed by atoms with Crippen molar-refractivity contribution in [2.24, 2.45) is 0 Å². The molecule has 1 fully saturated rings. The van der Waals surface area contributed by atoms with Crippen LogP contribution < -0.4 is 10.5 Å². The predicted molar refractivity (Wildman–Crippen MR) is 132 cm³/mol. The number of para-hydroxylation sites is 1. The second-order valence-electron chi connectivity index (χ2n) is 8.02. The van der Waals surface area contributed by atoms with Crippen molar-refractivity contribution in [3.63, 3.8) is 0 Å². The van der Waals surface area contributed by atoms with Crippen LogP contribution in [0.4, 0.5) is 5.82 Å². The lowest BCUT2D eigenvalue weighted by Gasteiger charge is -2.50. The van der Waals surface area contributed by atoms with Gasteiger partial charge in [-0.05, 0) is 18.2 Å². The van der Waals surface area contributed by atoms with Crippen molar-refractivity contribution in [1.29, 1.82) is 5.26 Å². The molecule has 1 aromatic carbocycles. The van der Waals surface area contributed by atoms with E-state index in [1.165, 1.54) is 6.33 Å². The summed E-state index contributed by atoms with van der Waals surface area (Å²) in [7, 11) is 0. The van der Waals surface area contributed by atoms with E-state index in [1.54, 1.807) is 27.6 Å². The van der Waals surface area contributed by atoms with Crippen LogP contribution in [0.3, 0.4) is 0 Å². The fourth-order valence-electron chi connectivity index (χ4n) is 4.52. The highest BCUT2D eigenvalue weighted by atomic mass is 32.1. The number of nitrogens with zero attached hydrogens (tertiary/aromatic N) is 7. The molecule has 9 nitrogen and oxygen atoms in total. The van der Waals surface area contributed by atoms with Crippen molar-refractivity contribution in [2.75, 3.05) is 11.4 Å². The number of hydrogen-bond acceptors (Lipinski definition) is 7. The highest BCUT2D eigenvalue weighted by Crippen LogP contribution is 2.47. The molecule has 34 heavy (non-hydrogen) atoms. The number of aromatic amines is 1. The topological polar surface area (TPSA) is 108 Å². The van der Waals surface area contributed by atoms with Crippen LogP contribution in [0.2, 0.25) is 0 Å². The van der Waals surface area contributed by atoms with Crippen LogP contribution in [0, 0.1) is 11.3 Å². The molecule has 5 heterocycles. The third-order valence-corrected chi connectivity index (χ3v) is 6.93. The van der Waals surface area contributed by atoms with Crippen LogP contribution in [0.15, 0.2) is 66.5 Å². The van der Waals surface area contributed by atoms with Crippen LogP contribution in [0.25, 0.3) is 28.3 Å². The molecule has 0 bridgehead atoms. The van der Waals surface area contributed by atoms with Gasteiger partial charge in [0.2, 0.25) is 0 Å². The molecule has 0 saturated carbocycles. The Morgan fingerprint density at radius 1 is 1.24 bits per heavy atom. The number of H-pyrrole nitrogens is 1. The van der Waals surface area contributed by atoms with E-state index in [-0.39, 0.29) is 5.56 Å². The van der Waals surface area contributed by atoms with Crippen LogP contribution in [0.5, 0.6) is 0 Å². The van der Waals surface area contributed by atoms with Crippen LogP contribution in [-0.2, 0) is 4.87 Å². The van der Waals surface area contributed by atoms with Crippen LogP contribution in [0.1, 0.15) is 23.4 Å². The quantitative estimate of drug-likeness (QED) is 0.394. The predicted octanol–water partition coefficient (Wildman–Crippen LogP) is 3.26. The molecule has 6 rings (SSSR count). The van der Waals surface area contributed by atoms with Gasteiger partial charge in [-0.1, -0.05) is 30.9 Å². The zero-order valence-electron chi connectivity index (χ0n) is 17.9. The van der Waals surface area contributed by atoms with Gasteiger partial charge in [-0.15, -0.1) is 12.6 Å². The highest BCUT2D eigenvalue weighted by Gasteiger charge is 2.49. The lowest BCUT2D eigenvalue weighted by Crippen LogP contribution is -2.57. The number of aromatic nitrogens is 6. The third-order valence-electron chi connectivity index (χ3n) is 6.27. The molecule has 0 amide bonds. The minimum Gasteiger partial charge on any atom is -0.345 e. The molecule has 166 valence electrons. The largest absolute Gasteiger partial charge is 0.345 e. The van der Waals surface area contributed by atoms with E-state index in [9.17, 15) is 10.1 Å². The molecule has 1 saturated heterocycles. The zero-order chi connectivity index (χ0) is 23.4. The van der Waals surface area contributed by atoms with Gasteiger partial charge in [-0.2, -0.15) is 10.4 Å². The maximum atomic E-state index is 13.8. The van der Waals surface area contributed by atoms with E-state index >= 15 is 0 Å². The molecule has 0 aliphatic carbocycles. The Morgan fingerprint density at radius 2 is 2.06 bits per heavy atom. The normalized spacial score (nSPS) is 17.6. The summed E-state index contributed by atoms with van der Waals surface area (Å²) in [6.07, 6.45) is 7.07. The van der Waals surface area contributed by atoms with E-state index in [2.05, 4.69) is 27.6 Å². The van der Waals surface area contributed by atoms with Crippen molar-refractivity contribution in [1.82, 2.24) is 29.1 Å². The first-order valence-electron chi connectivity index (χ1n) is 10.6. The van der Waals surface area contributed by atoms with Crippen molar-refractivity contribution in [2.45, 2.75) is 11.3 Å².